The van der Waals surface area contributed by atoms with Crippen LogP contribution in [0.3, 0.4) is 0 Å². The summed E-state index contributed by atoms with van der Waals surface area (Å²) in [5.74, 6) is 0. The van der Waals surface area contributed by atoms with Gasteiger partial charge in [0.05, 0.1) is 11.6 Å². The summed E-state index contributed by atoms with van der Waals surface area (Å²) in [4.78, 5) is 0.0502. The van der Waals surface area contributed by atoms with Crippen LogP contribution in [0.2, 0.25) is 5.02 Å². The van der Waals surface area contributed by atoms with E-state index in [0.29, 0.717) is 5.39 Å². The Balaban J connectivity index is 2.05. The highest BCUT2D eigenvalue weighted by atomic mass is 35.5. The van der Waals surface area contributed by atoms with Gasteiger partial charge in [-0.15, -0.1) is 0 Å². The molecule has 0 unspecified atom stereocenters. The third kappa shape index (κ3) is 2.82. The van der Waals surface area contributed by atoms with Gasteiger partial charge in [0.25, 0.3) is 10.1 Å². The molecule has 0 saturated carbocycles. The third-order valence-electron chi connectivity index (χ3n) is 4.45. The molecule has 3 nitrogen and oxygen atoms in total. The Morgan fingerprint density at radius 3 is 2.19 bits per heavy atom. The van der Waals surface area contributed by atoms with E-state index in [9.17, 15) is 8.42 Å². The minimum Gasteiger partial charge on any atom is -0.266 e. The summed E-state index contributed by atoms with van der Waals surface area (Å²) in [6, 6.07) is 15.5. The van der Waals surface area contributed by atoms with E-state index in [1.807, 2.05) is 63.2 Å². The molecule has 5 heteroatoms. The predicted molar refractivity (Wildman–Crippen MR) is 108 cm³/mol. The van der Waals surface area contributed by atoms with Gasteiger partial charge >= 0.3 is 0 Å². The van der Waals surface area contributed by atoms with Crippen molar-refractivity contribution in [3.8, 4) is 0 Å². The monoisotopic (exact) mass is 386 g/mol. The molecule has 0 aliphatic carbocycles. The first-order valence-electron chi connectivity index (χ1n) is 8.43. The van der Waals surface area contributed by atoms with Gasteiger partial charge in [0.2, 0.25) is 0 Å². The minimum atomic E-state index is -3.98. The Morgan fingerprint density at radius 2 is 1.54 bits per heavy atom. The van der Waals surface area contributed by atoms with Crippen LogP contribution in [0.5, 0.6) is 0 Å². The molecule has 0 aliphatic heterocycles. The van der Waals surface area contributed by atoms with E-state index in [4.69, 9.17) is 15.8 Å². The minimum absolute atomic E-state index is 0.0502. The molecule has 0 amide bonds. The van der Waals surface area contributed by atoms with Crippen LogP contribution >= 0.6 is 11.6 Å². The van der Waals surface area contributed by atoms with Crippen LogP contribution in [0.4, 0.5) is 0 Å². The van der Waals surface area contributed by atoms with Crippen molar-refractivity contribution in [3.63, 3.8) is 0 Å². The molecule has 134 valence electrons. The lowest BCUT2D eigenvalue weighted by atomic mass is 9.94. The molecule has 0 spiro atoms. The maximum Gasteiger partial charge on any atom is 0.299 e. The highest BCUT2D eigenvalue weighted by Gasteiger charge is 2.26. The van der Waals surface area contributed by atoms with Gasteiger partial charge in [0.15, 0.2) is 0 Å². The first kappa shape index (κ1) is 17.5. The average molecular weight is 387 g/mol. The fourth-order valence-electron chi connectivity index (χ4n) is 3.32. The molecular weight excluding hydrogens is 368 g/mol. The van der Waals surface area contributed by atoms with Crippen molar-refractivity contribution in [1.82, 2.24) is 0 Å². The van der Waals surface area contributed by atoms with Crippen molar-refractivity contribution in [3.05, 3.63) is 53.6 Å². The van der Waals surface area contributed by atoms with E-state index >= 15 is 0 Å². The van der Waals surface area contributed by atoms with Gasteiger partial charge in [-0.05, 0) is 38.4 Å². The van der Waals surface area contributed by atoms with Crippen molar-refractivity contribution in [2.24, 2.45) is 5.41 Å². The number of rotatable bonds is 3. The van der Waals surface area contributed by atoms with Crippen LogP contribution in [0.15, 0.2) is 53.4 Å². The average Bonchev–Trinajstić information content (AvgIpc) is 2.57. The molecule has 0 bridgehead atoms. The molecule has 0 N–H and O–H groups in total. The van der Waals surface area contributed by atoms with Crippen molar-refractivity contribution in [2.75, 3.05) is 6.61 Å². The molecule has 0 aliphatic rings. The summed E-state index contributed by atoms with van der Waals surface area (Å²) in [6.07, 6.45) is 0. The van der Waals surface area contributed by atoms with Gasteiger partial charge in [0, 0.05) is 5.39 Å². The summed E-state index contributed by atoms with van der Waals surface area (Å²) in [5.41, 5.74) is -0.274. The number of halogens is 1. The summed E-state index contributed by atoms with van der Waals surface area (Å²) >= 11 is 6.40. The van der Waals surface area contributed by atoms with Crippen LogP contribution in [0.1, 0.15) is 20.8 Å². The van der Waals surface area contributed by atoms with Gasteiger partial charge < -0.3 is 0 Å². The van der Waals surface area contributed by atoms with Crippen LogP contribution in [-0.2, 0) is 14.3 Å². The summed E-state index contributed by atoms with van der Waals surface area (Å²) in [6.45, 7) is 5.87. The molecule has 0 atom stereocenters. The SMILES string of the molecule is CC(C)(C)COS(=O)(=O)c1c(Cl)cc2ccc3cccc4ccc1c2c34. The fraction of sp³-hybridized carbons (Fsp3) is 0.238. The fourth-order valence-corrected chi connectivity index (χ4v) is 5.18. The predicted octanol–water partition coefficient (Wildman–Crippen LogP) is 5.99. The van der Waals surface area contributed by atoms with E-state index in [0.717, 1.165) is 26.9 Å². The molecule has 4 aromatic carbocycles. The lowest BCUT2D eigenvalue weighted by molar-refractivity contribution is 0.203. The van der Waals surface area contributed by atoms with Crippen LogP contribution in [0.25, 0.3) is 32.3 Å². The molecule has 0 aromatic heterocycles. The molecule has 0 radical (unpaired) electrons. The molecule has 0 heterocycles. The summed E-state index contributed by atoms with van der Waals surface area (Å²) in [7, 11) is -3.98. The van der Waals surface area contributed by atoms with Crippen molar-refractivity contribution >= 4 is 54.0 Å². The number of hydrogen-bond acceptors (Lipinski definition) is 3. The third-order valence-corrected chi connectivity index (χ3v) is 6.23. The van der Waals surface area contributed by atoms with E-state index in [1.165, 1.54) is 0 Å². The van der Waals surface area contributed by atoms with E-state index in [-0.39, 0.29) is 21.9 Å². The highest BCUT2D eigenvalue weighted by Crippen LogP contribution is 2.41. The molecular formula is C21H19ClO3S. The topological polar surface area (TPSA) is 43.4 Å². The zero-order valence-electron chi connectivity index (χ0n) is 14.8. The Kier molecular flexibility index (Phi) is 3.92. The second kappa shape index (κ2) is 5.81. The highest BCUT2D eigenvalue weighted by molar-refractivity contribution is 7.87. The zero-order valence-corrected chi connectivity index (χ0v) is 16.4. The van der Waals surface area contributed by atoms with Crippen molar-refractivity contribution < 1.29 is 12.6 Å². The largest absolute Gasteiger partial charge is 0.299 e. The van der Waals surface area contributed by atoms with Gasteiger partial charge in [-0.2, -0.15) is 8.42 Å². The molecule has 4 rings (SSSR count). The van der Waals surface area contributed by atoms with E-state index in [1.54, 1.807) is 6.07 Å². The molecule has 0 fully saturated rings. The lowest BCUT2D eigenvalue weighted by Crippen LogP contribution is -2.19. The molecule has 0 saturated heterocycles. The van der Waals surface area contributed by atoms with Crippen LogP contribution in [0, 0.1) is 5.41 Å². The Hall–Kier alpha value is -1.88. The van der Waals surface area contributed by atoms with Gasteiger partial charge in [-0.1, -0.05) is 74.8 Å². The van der Waals surface area contributed by atoms with E-state index < -0.39 is 10.1 Å². The molecule has 26 heavy (non-hydrogen) atoms. The Morgan fingerprint density at radius 1 is 0.923 bits per heavy atom. The first-order chi connectivity index (χ1) is 12.2. The van der Waals surface area contributed by atoms with Crippen LogP contribution < -0.4 is 0 Å². The molecule has 4 aromatic rings. The summed E-state index contributed by atoms with van der Waals surface area (Å²) in [5, 5.41) is 5.80. The van der Waals surface area contributed by atoms with Gasteiger partial charge in [0.1, 0.15) is 4.90 Å². The van der Waals surface area contributed by atoms with Crippen molar-refractivity contribution in [1.29, 1.82) is 0 Å². The maximum atomic E-state index is 12.9. The quantitative estimate of drug-likeness (QED) is 0.321. The van der Waals surface area contributed by atoms with Gasteiger partial charge in [-0.3, -0.25) is 4.18 Å². The Labute approximate surface area is 158 Å². The zero-order chi connectivity index (χ0) is 18.7. The number of benzene rings is 4. The first-order valence-corrected chi connectivity index (χ1v) is 10.2. The standard InChI is InChI=1S/C21H19ClO3S/c1-21(2,3)12-25-26(23,24)20-16-10-9-14-6-4-5-13-7-8-15(11-17(20)22)19(16)18(13)14/h4-11H,12H2,1-3H3. The maximum absolute atomic E-state index is 12.9. The summed E-state index contributed by atoms with van der Waals surface area (Å²) < 4.78 is 31.2. The Bertz CT molecular complexity index is 1220. The van der Waals surface area contributed by atoms with Crippen LogP contribution in [-0.4, -0.2) is 15.0 Å². The van der Waals surface area contributed by atoms with Crippen molar-refractivity contribution in [2.45, 2.75) is 25.7 Å². The smallest absolute Gasteiger partial charge is 0.266 e. The van der Waals surface area contributed by atoms with E-state index in [2.05, 4.69) is 0 Å². The lowest BCUT2D eigenvalue weighted by Gasteiger charge is -2.19. The second-order valence-corrected chi connectivity index (χ2v) is 9.78. The number of hydrogen-bond donors (Lipinski definition) is 0. The second-order valence-electron chi connectivity index (χ2n) is 7.82. The normalized spacial score (nSPS) is 13.2. The van der Waals surface area contributed by atoms with Gasteiger partial charge in [-0.25, -0.2) is 0 Å².